The molecule has 0 spiro atoms. The summed E-state index contributed by atoms with van der Waals surface area (Å²) < 4.78 is 0. The molecule has 1 aliphatic carbocycles. The van der Waals surface area contributed by atoms with E-state index in [-0.39, 0.29) is 10.8 Å². The third-order valence-corrected chi connectivity index (χ3v) is 8.87. The Bertz CT molecular complexity index is 1720. The number of rotatable bonds is 4. The van der Waals surface area contributed by atoms with Gasteiger partial charge in [0.1, 0.15) is 0 Å². The second-order valence-electron chi connectivity index (χ2n) is 12.0. The minimum Gasteiger partial charge on any atom is -0.355 e. The molecule has 1 N–H and O–H groups in total. The van der Waals surface area contributed by atoms with Crippen LogP contribution >= 0.6 is 0 Å². The highest BCUT2D eigenvalue weighted by atomic mass is 15.1. The molecule has 2 aliphatic rings. The lowest BCUT2D eigenvalue weighted by atomic mass is 9.72. The molecule has 7 rings (SSSR count). The van der Waals surface area contributed by atoms with E-state index in [9.17, 15) is 0 Å². The summed E-state index contributed by atoms with van der Waals surface area (Å²) in [5.74, 6) is 0. The van der Waals surface area contributed by atoms with Crippen molar-refractivity contribution in [3.8, 4) is 11.1 Å². The molecule has 1 aliphatic heterocycles. The summed E-state index contributed by atoms with van der Waals surface area (Å²) in [5, 5.41) is 3.75. The normalized spacial score (nSPS) is 15.5. The van der Waals surface area contributed by atoms with Crippen LogP contribution in [0.1, 0.15) is 55.5 Å². The SMILES string of the molecule is CC1(C)c2ccccc2Nc2cc3c(cc21)-c1ccc(/C=C/N(c2ccccc2)c2ccccc2)cc1C3(C)C. The maximum Gasteiger partial charge on any atom is 0.0455 e. The Morgan fingerprint density at radius 2 is 1.12 bits per heavy atom. The van der Waals surface area contributed by atoms with E-state index in [1.807, 2.05) is 0 Å². The summed E-state index contributed by atoms with van der Waals surface area (Å²) in [6, 6.07) is 41.6. The molecule has 5 aromatic carbocycles. The second-order valence-corrected chi connectivity index (χ2v) is 12.0. The standard InChI is InChI=1S/C38H34N2/c1-37(2)31-17-11-12-18-35(31)39-36-25-33-30(24-34(36)37)29-20-19-26(23-32(29)38(33,3)4)21-22-40(27-13-7-5-8-14-27)28-15-9-6-10-16-28/h5-25,39H,1-4H3/b22-21+. The fraction of sp³-hybridized carbons (Fsp3) is 0.158. The quantitative estimate of drug-likeness (QED) is 0.255. The number of benzene rings is 5. The number of nitrogens with zero attached hydrogens (tertiary/aromatic N) is 1. The summed E-state index contributed by atoms with van der Waals surface area (Å²) >= 11 is 0. The number of nitrogens with one attached hydrogen (secondary N) is 1. The summed E-state index contributed by atoms with van der Waals surface area (Å²) in [5.41, 5.74) is 13.9. The third kappa shape index (κ3) is 3.78. The van der Waals surface area contributed by atoms with Crippen molar-refractivity contribution in [2.24, 2.45) is 0 Å². The van der Waals surface area contributed by atoms with E-state index in [2.05, 4.69) is 165 Å². The number of hydrogen-bond donors (Lipinski definition) is 1. The van der Waals surface area contributed by atoms with Crippen LogP contribution < -0.4 is 10.2 Å². The Kier molecular flexibility index (Phi) is 5.50. The predicted octanol–water partition coefficient (Wildman–Crippen LogP) is 10.2. The van der Waals surface area contributed by atoms with E-state index in [1.165, 1.54) is 50.3 Å². The van der Waals surface area contributed by atoms with Crippen LogP contribution in [0.15, 0.2) is 121 Å². The second kappa shape index (κ2) is 8.99. The molecule has 2 heteroatoms. The van der Waals surface area contributed by atoms with Gasteiger partial charge in [-0.05, 0) is 87.5 Å². The van der Waals surface area contributed by atoms with Gasteiger partial charge in [0.05, 0.1) is 0 Å². The Hall–Kier alpha value is -4.56. The lowest BCUT2D eigenvalue weighted by molar-refractivity contribution is 0.633. The van der Waals surface area contributed by atoms with E-state index >= 15 is 0 Å². The van der Waals surface area contributed by atoms with Crippen LogP contribution in [0.3, 0.4) is 0 Å². The van der Waals surface area contributed by atoms with E-state index in [0.29, 0.717) is 0 Å². The topological polar surface area (TPSA) is 15.3 Å². The molecule has 40 heavy (non-hydrogen) atoms. The largest absolute Gasteiger partial charge is 0.355 e. The Morgan fingerprint density at radius 1 is 0.525 bits per heavy atom. The fourth-order valence-corrected chi connectivity index (χ4v) is 6.61. The summed E-state index contributed by atoms with van der Waals surface area (Å²) in [6.45, 7) is 9.41. The van der Waals surface area contributed by atoms with E-state index in [1.54, 1.807) is 0 Å². The number of anilines is 4. The average molecular weight is 519 g/mol. The van der Waals surface area contributed by atoms with E-state index in [0.717, 1.165) is 11.4 Å². The molecule has 0 saturated heterocycles. The van der Waals surface area contributed by atoms with Crippen molar-refractivity contribution in [2.75, 3.05) is 10.2 Å². The molecule has 0 unspecified atom stereocenters. The molecule has 0 bridgehead atoms. The molecule has 1 heterocycles. The van der Waals surface area contributed by atoms with Gasteiger partial charge in [-0.15, -0.1) is 0 Å². The zero-order valence-electron chi connectivity index (χ0n) is 23.6. The molecule has 0 aromatic heterocycles. The summed E-state index contributed by atoms with van der Waals surface area (Å²) in [4.78, 5) is 2.24. The van der Waals surface area contributed by atoms with Crippen molar-refractivity contribution in [2.45, 2.75) is 38.5 Å². The zero-order valence-corrected chi connectivity index (χ0v) is 23.6. The lowest BCUT2D eigenvalue weighted by Gasteiger charge is -2.36. The maximum atomic E-state index is 3.75. The van der Waals surface area contributed by atoms with Gasteiger partial charge in [-0.1, -0.05) is 100 Å². The van der Waals surface area contributed by atoms with Crippen LogP contribution in [-0.2, 0) is 10.8 Å². The first-order valence-electron chi connectivity index (χ1n) is 14.1. The highest BCUT2D eigenvalue weighted by molar-refractivity contribution is 5.87. The molecule has 0 saturated carbocycles. The van der Waals surface area contributed by atoms with Crippen molar-refractivity contribution < 1.29 is 0 Å². The van der Waals surface area contributed by atoms with Crippen LogP contribution in [0.4, 0.5) is 22.7 Å². The molecule has 0 fully saturated rings. The van der Waals surface area contributed by atoms with Gasteiger partial charge >= 0.3 is 0 Å². The average Bonchev–Trinajstić information content (AvgIpc) is 3.19. The molecule has 5 aromatic rings. The van der Waals surface area contributed by atoms with Gasteiger partial charge in [0, 0.05) is 39.8 Å². The number of para-hydroxylation sites is 3. The first kappa shape index (κ1) is 24.5. The van der Waals surface area contributed by atoms with E-state index < -0.39 is 0 Å². The molecule has 0 radical (unpaired) electrons. The first-order chi connectivity index (χ1) is 19.3. The van der Waals surface area contributed by atoms with Gasteiger partial charge in [-0.3, -0.25) is 0 Å². The van der Waals surface area contributed by atoms with Crippen LogP contribution in [-0.4, -0.2) is 0 Å². The fourth-order valence-electron chi connectivity index (χ4n) is 6.61. The molecule has 0 amide bonds. The minimum atomic E-state index is -0.0924. The van der Waals surface area contributed by atoms with Crippen molar-refractivity contribution in [1.29, 1.82) is 0 Å². The Balaban J connectivity index is 1.29. The Labute approximate surface area is 237 Å². The zero-order chi connectivity index (χ0) is 27.5. The monoisotopic (exact) mass is 518 g/mol. The smallest absolute Gasteiger partial charge is 0.0455 e. The van der Waals surface area contributed by atoms with Gasteiger partial charge in [0.25, 0.3) is 0 Å². The number of fused-ring (bicyclic) bond motifs is 5. The first-order valence-corrected chi connectivity index (χ1v) is 14.1. The van der Waals surface area contributed by atoms with Crippen molar-refractivity contribution in [3.05, 3.63) is 149 Å². The number of hydrogen-bond acceptors (Lipinski definition) is 2. The van der Waals surface area contributed by atoms with Crippen molar-refractivity contribution in [3.63, 3.8) is 0 Å². The third-order valence-electron chi connectivity index (χ3n) is 8.87. The van der Waals surface area contributed by atoms with Gasteiger partial charge < -0.3 is 10.2 Å². The maximum absolute atomic E-state index is 3.75. The van der Waals surface area contributed by atoms with Crippen LogP contribution in [0, 0.1) is 0 Å². The highest BCUT2D eigenvalue weighted by Crippen LogP contribution is 2.54. The Morgan fingerprint density at radius 3 is 1.82 bits per heavy atom. The molecule has 2 nitrogen and oxygen atoms in total. The van der Waals surface area contributed by atoms with Gasteiger partial charge in [-0.2, -0.15) is 0 Å². The van der Waals surface area contributed by atoms with Crippen molar-refractivity contribution >= 4 is 28.8 Å². The molecular formula is C38H34N2. The molecule has 196 valence electrons. The van der Waals surface area contributed by atoms with Gasteiger partial charge in [0.15, 0.2) is 0 Å². The summed E-state index contributed by atoms with van der Waals surface area (Å²) in [6.07, 6.45) is 4.41. The molecular weight excluding hydrogens is 484 g/mol. The minimum absolute atomic E-state index is 0.0693. The summed E-state index contributed by atoms with van der Waals surface area (Å²) in [7, 11) is 0. The highest BCUT2D eigenvalue weighted by Gasteiger charge is 2.40. The van der Waals surface area contributed by atoms with E-state index in [4.69, 9.17) is 0 Å². The van der Waals surface area contributed by atoms with Crippen LogP contribution in [0.25, 0.3) is 17.2 Å². The predicted molar refractivity (Wildman–Crippen MR) is 170 cm³/mol. The lowest BCUT2D eigenvalue weighted by Crippen LogP contribution is -2.26. The van der Waals surface area contributed by atoms with Gasteiger partial charge in [-0.25, -0.2) is 0 Å². The van der Waals surface area contributed by atoms with Crippen LogP contribution in [0.5, 0.6) is 0 Å². The molecule has 0 atom stereocenters. The van der Waals surface area contributed by atoms with Crippen LogP contribution in [0.2, 0.25) is 0 Å². The van der Waals surface area contributed by atoms with Gasteiger partial charge in [0.2, 0.25) is 0 Å². The van der Waals surface area contributed by atoms with Crippen molar-refractivity contribution in [1.82, 2.24) is 0 Å².